The summed E-state index contributed by atoms with van der Waals surface area (Å²) in [5.41, 5.74) is 1.33. The van der Waals surface area contributed by atoms with Gasteiger partial charge >= 0.3 is 0 Å². The van der Waals surface area contributed by atoms with E-state index < -0.39 is 0 Å². The lowest BCUT2D eigenvalue weighted by Gasteiger charge is -2.11. The number of guanidine groups is 1. The van der Waals surface area contributed by atoms with E-state index in [-0.39, 0.29) is 36.3 Å². The van der Waals surface area contributed by atoms with Crippen molar-refractivity contribution >= 4 is 51.5 Å². The zero-order valence-electron chi connectivity index (χ0n) is 14.1. The molecule has 2 aromatic heterocycles. The summed E-state index contributed by atoms with van der Waals surface area (Å²) in [6.45, 7) is 3.38. The molecule has 0 fully saturated rings. The van der Waals surface area contributed by atoms with Crippen molar-refractivity contribution < 1.29 is 4.39 Å². The van der Waals surface area contributed by atoms with Crippen LogP contribution in [0.15, 0.2) is 52.1 Å². The first-order valence-electron chi connectivity index (χ1n) is 7.92. The summed E-state index contributed by atoms with van der Waals surface area (Å²) in [7, 11) is 0. The molecule has 26 heavy (non-hydrogen) atoms. The first-order chi connectivity index (χ1) is 12.2. The Morgan fingerprint density at radius 3 is 2.85 bits per heavy atom. The first kappa shape index (κ1) is 20.6. The topological polar surface area (TPSA) is 66.6 Å². The van der Waals surface area contributed by atoms with E-state index in [0.717, 1.165) is 11.5 Å². The van der Waals surface area contributed by atoms with Crippen molar-refractivity contribution in [3.05, 3.63) is 64.3 Å². The molecule has 138 valence electrons. The summed E-state index contributed by atoms with van der Waals surface area (Å²) in [5.74, 6) is 1.09. The first-order valence-corrected chi connectivity index (χ1v) is 8.71. The summed E-state index contributed by atoms with van der Waals surface area (Å²) >= 11 is 3.25. The van der Waals surface area contributed by atoms with Gasteiger partial charge in [0.1, 0.15) is 5.82 Å². The largest absolute Gasteiger partial charge is 0.357 e. The number of benzene rings is 1. The van der Waals surface area contributed by atoms with E-state index >= 15 is 0 Å². The molecule has 0 atom stereocenters. The fourth-order valence-electron chi connectivity index (χ4n) is 2.33. The maximum Gasteiger partial charge on any atom is 0.191 e. The Morgan fingerprint density at radius 1 is 1.23 bits per heavy atom. The molecule has 1 aromatic carbocycles. The van der Waals surface area contributed by atoms with E-state index in [0.29, 0.717) is 29.1 Å². The Balaban J connectivity index is 0.00000243. The third-order valence-electron chi connectivity index (χ3n) is 3.57. The number of aliphatic imine (C=N–C) groups is 1. The smallest absolute Gasteiger partial charge is 0.191 e. The van der Waals surface area contributed by atoms with Gasteiger partial charge in [0.05, 0.1) is 13.1 Å². The number of aromatic nitrogens is 3. The van der Waals surface area contributed by atoms with Crippen molar-refractivity contribution in [3.8, 4) is 0 Å². The average Bonchev–Trinajstić information content (AvgIpc) is 3.02. The number of nitrogens with zero attached hydrogens (tertiary/aromatic N) is 4. The second-order valence-electron chi connectivity index (χ2n) is 5.33. The van der Waals surface area contributed by atoms with E-state index in [4.69, 9.17) is 0 Å². The Kier molecular flexibility index (Phi) is 7.76. The minimum atomic E-state index is -0.280. The summed E-state index contributed by atoms with van der Waals surface area (Å²) in [5, 5.41) is 14.6. The van der Waals surface area contributed by atoms with Crippen molar-refractivity contribution in [2.75, 3.05) is 6.54 Å². The van der Waals surface area contributed by atoms with Gasteiger partial charge in [0.25, 0.3) is 0 Å². The van der Waals surface area contributed by atoms with Crippen LogP contribution in [0.2, 0.25) is 0 Å². The Morgan fingerprint density at radius 2 is 2.08 bits per heavy atom. The van der Waals surface area contributed by atoms with Crippen LogP contribution in [0.4, 0.5) is 4.39 Å². The highest BCUT2D eigenvalue weighted by Crippen LogP contribution is 2.15. The van der Waals surface area contributed by atoms with E-state index in [1.165, 1.54) is 6.07 Å². The standard InChI is InChI=1S/C17H18BrFN6.HI/c1-2-20-17(21-10-12-6-7-13(18)9-14(12)19)22-11-16-24-23-15-5-3-4-8-25(15)16;/h3-9H,2,10-11H2,1H3,(H2,20,21,22);1H. The third-order valence-corrected chi connectivity index (χ3v) is 4.06. The Hall–Kier alpha value is -1.75. The number of rotatable bonds is 5. The zero-order chi connectivity index (χ0) is 17.6. The fourth-order valence-corrected chi connectivity index (χ4v) is 2.66. The number of pyridine rings is 1. The molecule has 3 rings (SSSR count). The van der Waals surface area contributed by atoms with E-state index in [9.17, 15) is 4.39 Å². The van der Waals surface area contributed by atoms with Crippen molar-refractivity contribution in [1.29, 1.82) is 0 Å². The van der Waals surface area contributed by atoms with Crippen molar-refractivity contribution in [2.45, 2.75) is 20.0 Å². The molecule has 2 N–H and O–H groups in total. The number of hydrogen-bond acceptors (Lipinski definition) is 3. The van der Waals surface area contributed by atoms with Gasteiger partial charge in [-0.25, -0.2) is 9.38 Å². The molecular formula is C17H19BrFIN6. The quantitative estimate of drug-likeness (QED) is 0.300. The lowest BCUT2D eigenvalue weighted by Crippen LogP contribution is -2.37. The molecule has 0 aliphatic rings. The maximum absolute atomic E-state index is 13.9. The average molecular weight is 533 g/mol. The lowest BCUT2D eigenvalue weighted by molar-refractivity contribution is 0.609. The fraction of sp³-hybridized carbons (Fsp3) is 0.235. The van der Waals surface area contributed by atoms with Crippen LogP contribution in [0.3, 0.4) is 0 Å². The molecule has 0 spiro atoms. The molecule has 9 heteroatoms. The molecule has 0 aliphatic carbocycles. The van der Waals surface area contributed by atoms with E-state index in [1.807, 2.05) is 35.7 Å². The van der Waals surface area contributed by atoms with E-state index in [2.05, 4.69) is 41.8 Å². The van der Waals surface area contributed by atoms with Crippen molar-refractivity contribution in [2.24, 2.45) is 4.99 Å². The zero-order valence-corrected chi connectivity index (χ0v) is 18.0. The van der Waals surface area contributed by atoms with Gasteiger partial charge in [0.15, 0.2) is 17.4 Å². The molecule has 0 radical (unpaired) electrons. The van der Waals surface area contributed by atoms with E-state index in [1.54, 1.807) is 12.1 Å². The molecule has 0 unspecified atom stereocenters. The normalized spacial score (nSPS) is 11.3. The Bertz CT molecular complexity index is 898. The van der Waals surface area contributed by atoms with Crippen LogP contribution < -0.4 is 10.6 Å². The van der Waals surface area contributed by atoms with Crippen LogP contribution in [0.1, 0.15) is 18.3 Å². The minimum Gasteiger partial charge on any atom is -0.357 e. The molecule has 0 saturated carbocycles. The number of halogens is 3. The highest BCUT2D eigenvalue weighted by Gasteiger charge is 2.07. The van der Waals surface area contributed by atoms with Crippen LogP contribution in [0, 0.1) is 5.82 Å². The number of nitrogens with one attached hydrogen (secondary N) is 2. The van der Waals surface area contributed by atoms with Gasteiger partial charge in [-0.15, -0.1) is 34.2 Å². The highest BCUT2D eigenvalue weighted by molar-refractivity contribution is 14.0. The van der Waals surface area contributed by atoms with Crippen LogP contribution in [-0.4, -0.2) is 27.1 Å². The molecule has 0 amide bonds. The van der Waals surface area contributed by atoms with Gasteiger partial charge in [-0.05, 0) is 31.2 Å². The highest BCUT2D eigenvalue weighted by atomic mass is 127. The second-order valence-corrected chi connectivity index (χ2v) is 6.25. The molecule has 6 nitrogen and oxygen atoms in total. The Labute approximate surface area is 176 Å². The molecule has 0 saturated heterocycles. The van der Waals surface area contributed by atoms with Gasteiger partial charge < -0.3 is 10.6 Å². The van der Waals surface area contributed by atoms with Gasteiger partial charge in [-0.2, -0.15) is 0 Å². The predicted molar refractivity (Wildman–Crippen MR) is 114 cm³/mol. The predicted octanol–water partition coefficient (Wildman–Crippen LogP) is 3.50. The van der Waals surface area contributed by atoms with Crippen molar-refractivity contribution in [1.82, 2.24) is 25.2 Å². The van der Waals surface area contributed by atoms with Crippen LogP contribution in [0.5, 0.6) is 0 Å². The summed E-state index contributed by atoms with van der Waals surface area (Å²) in [4.78, 5) is 4.44. The van der Waals surface area contributed by atoms with Gasteiger partial charge in [-0.1, -0.05) is 28.1 Å². The molecule has 0 bridgehead atoms. The molecule has 2 heterocycles. The second kappa shape index (κ2) is 9.81. The third kappa shape index (κ3) is 5.13. The lowest BCUT2D eigenvalue weighted by atomic mass is 10.2. The number of hydrogen-bond donors (Lipinski definition) is 2. The summed E-state index contributed by atoms with van der Waals surface area (Å²) in [6.07, 6.45) is 1.91. The van der Waals surface area contributed by atoms with Crippen LogP contribution in [0.25, 0.3) is 5.65 Å². The van der Waals surface area contributed by atoms with Gasteiger partial charge in [0, 0.05) is 22.8 Å². The number of fused-ring (bicyclic) bond motifs is 1. The molecular weight excluding hydrogens is 514 g/mol. The molecule has 0 aliphatic heterocycles. The SMILES string of the molecule is CCNC(=NCc1ccc(Br)cc1F)NCc1nnc2ccccn12.I. The van der Waals surface area contributed by atoms with Gasteiger partial charge in [-0.3, -0.25) is 4.40 Å². The van der Waals surface area contributed by atoms with Crippen molar-refractivity contribution in [3.63, 3.8) is 0 Å². The summed E-state index contributed by atoms with van der Waals surface area (Å²) in [6, 6.07) is 10.7. The van der Waals surface area contributed by atoms with Gasteiger partial charge in [0.2, 0.25) is 0 Å². The van der Waals surface area contributed by atoms with Crippen LogP contribution in [-0.2, 0) is 13.1 Å². The monoisotopic (exact) mass is 532 g/mol. The molecule has 3 aromatic rings. The summed E-state index contributed by atoms with van der Waals surface area (Å²) < 4.78 is 16.5. The maximum atomic E-state index is 13.9. The van der Waals surface area contributed by atoms with Crippen LogP contribution >= 0.6 is 39.9 Å². The minimum absolute atomic E-state index is 0.